The van der Waals surface area contributed by atoms with Gasteiger partial charge in [-0.1, -0.05) is 44.2 Å². The Morgan fingerprint density at radius 2 is 1.76 bits per heavy atom. The van der Waals surface area contributed by atoms with Gasteiger partial charge in [-0.05, 0) is 25.3 Å². The maximum Gasteiger partial charge on any atom is 0.0499 e. The Bertz CT molecular complexity index is 298. The molecule has 0 aliphatic heterocycles. The van der Waals surface area contributed by atoms with Crippen molar-refractivity contribution in [3.05, 3.63) is 35.9 Å². The minimum atomic E-state index is 0.0308. The smallest absolute Gasteiger partial charge is 0.0499 e. The lowest BCUT2D eigenvalue weighted by Crippen LogP contribution is -2.37. The summed E-state index contributed by atoms with van der Waals surface area (Å²) < 4.78 is 0. The second-order valence-corrected chi connectivity index (χ2v) is 4.88. The van der Waals surface area contributed by atoms with E-state index >= 15 is 0 Å². The molecular formula is C15H25NO. The first-order valence-electron chi connectivity index (χ1n) is 6.56. The molecule has 1 aromatic rings. The van der Waals surface area contributed by atoms with Crippen molar-refractivity contribution in [2.45, 2.75) is 39.7 Å². The Labute approximate surface area is 105 Å². The quantitative estimate of drug-likeness (QED) is 0.761. The lowest BCUT2D eigenvalue weighted by molar-refractivity contribution is 0.110. The van der Waals surface area contributed by atoms with Gasteiger partial charge in [-0.15, -0.1) is 0 Å². The van der Waals surface area contributed by atoms with Gasteiger partial charge < -0.3 is 10.4 Å². The van der Waals surface area contributed by atoms with Crippen molar-refractivity contribution < 1.29 is 5.11 Å². The molecule has 0 heterocycles. The van der Waals surface area contributed by atoms with E-state index in [0.717, 1.165) is 19.4 Å². The van der Waals surface area contributed by atoms with Crippen molar-refractivity contribution >= 4 is 0 Å². The number of nitrogens with one attached hydrogen (secondary N) is 1. The van der Waals surface area contributed by atoms with E-state index in [4.69, 9.17) is 0 Å². The van der Waals surface area contributed by atoms with Crippen LogP contribution in [-0.2, 0) is 0 Å². The summed E-state index contributed by atoms with van der Waals surface area (Å²) >= 11 is 0. The van der Waals surface area contributed by atoms with Crippen LogP contribution < -0.4 is 5.32 Å². The van der Waals surface area contributed by atoms with Crippen molar-refractivity contribution in [1.82, 2.24) is 5.32 Å². The fourth-order valence-electron chi connectivity index (χ4n) is 2.01. The third-order valence-electron chi connectivity index (χ3n) is 3.92. The Kier molecular flexibility index (Phi) is 5.66. The molecule has 1 atom stereocenters. The third kappa shape index (κ3) is 3.83. The standard InChI is InChI=1S/C15H25NO/c1-4-15(5-2,12-17)11-16-13(3)14-9-7-6-8-10-14/h6-10,13,16-17H,4-5,11-12H2,1-3H3/t13-/m1/s1. The molecule has 0 radical (unpaired) electrons. The lowest BCUT2D eigenvalue weighted by Gasteiger charge is -2.31. The average Bonchev–Trinajstić information content (AvgIpc) is 2.41. The highest BCUT2D eigenvalue weighted by Gasteiger charge is 2.25. The second-order valence-electron chi connectivity index (χ2n) is 4.88. The van der Waals surface area contributed by atoms with Crippen LogP contribution in [0.15, 0.2) is 30.3 Å². The van der Waals surface area contributed by atoms with Gasteiger partial charge in [0.1, 0.15) is 0 Å². The van der Waals surface area contributed by atoms with Crippen LogP contribution in [0, 0.1) is 5.41 Å². The highest BCUT2D eigenvalue weighted by atomic mass is 16.3. The normalized spacial score (nSPS) is 13.6. The molecule has 0 aromatic heterocycles. The van der Waals surface area contributed by atoms with Crippen molar-refractivity contribution in [3.63, 3.8) is 0 Å². The first-order valence-corrected chi connectivity index (χ1v) is 6.56. The molecule has 0 saturated carbocycles. The average molecular weight is 235 g/mol. The van der Waals surface area contributed by atoms with E-state index in [1.807, 2.05) is 6.07 Å². The van der Waals surface area contributed by atoms with Crippen molar-refractivity contribution in [2.75, 3.05) is 13.2 Å². The number of aliphatic hydroxyl groups excluding tert-OH is 1. The number of rotatable bonds is 7. The highest BCUT2D eigenvalue weighted by molar-refractivity contribution is 5.18. The fraction of sp³-hybridized carbons (Fsp3) is 0.600. The van der Waals surface area contributed by atoms with Crippen LogP contribution in [0.3, 0.4) is 0 Å². The Morgan fingerprint density at radius 3 is 2.24 bits per heavy atom. The number of hydrogen-bond acceptors (Lipinski definition) is 2. The summed E-state index contributed by atoms with van der Waals surface area (Å²) in [4.78, 5) is 0. The molecule has 0 spiro atoms. The maximum absolute atomic E-state index is 9.52. The molecule has 0 unspecified atom stereocenters. The van der Waals surface area contributed by atoms with Crippen LogP contribution in [-0.4, -0.2) is 18.3 Å². The highest BCUT2D eigenvalue weighted by Crippen LogP contribution is 2.25. The first-order chi connectivity index (χ1) is 8.17. The minimum absolute atomic E-state index is 0.0308. The van der Waals surface area contributed by atoms with Crippen LogP contribution in [0.2, 0.25) is 0 Å². The molecule has 0 aliphatic rings. The molecule has 96 valence electrons. The second kappa shape index (κ2) is 6.77. The number of benzene rings is 1. The maximum atomic E-state index is 9.52. The van der Waals surface area contributed by atoms with Gasteiger partial charge in [0.25, 0.3) is 0 Å². The van der Waals surface area contributed by atoms with Gasteiger partial charge in [-0.3, -0.25) is 0 Å². The summed E-state index contributed by atoms with van der Waals surface area (Å²) in [6.45, 7) is 7.59. The molecule has 2 heteroatoms. The van der Waals surface area contributed by atoms with Crippen LogP contribution in [0.1, 0.15) is 45.2 Å². The molecule has 0 amide bonds. The van der Waals surface area contributed by atoms with E-state index in [9.17, 15) is 5.11 Å². The Morgan fingerprint density at radius 1 is 1.18 bits per heavy atom. The first kappa shape index (κ1) is 14.2. The monoisotopic (exact) mass is 235 g/mol. The molecule has 17 heavy (non-hydrogen) atoms. The van der Waals surface area contributed by atoms with Crippen molar-refractivity contribution in [1.29, 1.82) is 0 Å². The molecule has 0 saturated heterocycles. The van der Waals surface area contributed by atoms with Gasteiger partial charge in [-0.2, -0.15) is 0 Å². The van der Waals surface area contributed by atoms with Crippen LogP contribution in [0.25, 0.3) is 0 Å². The third-order valence-corrected chi connectivity index (χ3v) is 3.92. The van der Waals surface area contributed by atoms with Crippen LogP contribution in [0.5, 0.6) is 0 Å². The van der Waals surface area contributed by atoms with E-state index < -0.39 is 0 Å². The molecule has 1 aromatic carbocycles. The summed E-state index contributed by atoms with van der Waals surface area (Å²) in [6, 6.07) is 10.8. The van der Waals surface area contributed by atoms with Gasteiger partial charge in [0.05, 0.1) is 0 Å². The zero-order valence-corrected chi connectivity index (χ0v) is 11.2. The molecule has 0 aliphatic carbocycles. The van der Waals surface area contributed by atoms with Gasteiger partial charge in [0.2, 0.25) is 0 Å². The SMILES string of the molecule is CCC(CC)(CO)CN[C@H](C)c1ccccc1. The van der Waals surface area contributed by atoms with E-state index in [0.29, 0.717) is 6.04 Å². The van der Waals surface area contributed by atoms with E-state index in [1.54, 1.807) is 0 Å². The summed E-state index contributed by atoms with van der Waals surface area (Å²) in [5.41, 5.74) is 1.33. The van der Waals surface area contributed by atoms with E-state index in [1.165, 1.54) is 5.56 Å². The Balaban J connectivity index is 2.55. The minimum Gasteiger partial charge on any atom is -0.396 e. The number of hydrogen-bond donors (Lipinski definition) is 2. The predicted molar refractivity (Wildman–Crippen MR) is 73.0 cm³/mol. The van der Waals surface area contributed by atoms with Gasteiger partial charge in [-0.25, -0.2) is 0 Å². The summed E-state index contributed by atoms with van der Waals surface area (Å²) in [6.07, 6.45) is 2.02. The van der Waals surface area contributed by atoms with Crippen LogP contribution >= 0.6 is 0 Å². The fourth-order valence-corrected chi connectivity index (χ4v) is 2.01. The van der Waals surface area contributed by atoms with Crippen LogP contribution in [0.4, 0.5) is 0 Å². The summed E-state index contributed by atoms with van der Waals surface area (Å²) in [5, 5.41) is 13.1. The largest absolute Gasteiger partial charge is 0.396 e. The molecule has 1 rings (SSSR count). The van der Waals surface area contributed by atoms with Crippen molar-refractivity contribution in [2.24, 2.45) is 5.41 Å². The van der Waals surface area contributed by atoms with E-state index in [2.05, 4.69) is 50.4 Å². The number of aliphatic hydroxyl groups is 1. The Hall–Kier alpha value is -0.860. The molecular weight excluding hydrogens is 210 g/mol. The molecule has 0 bridgehead atoms. The van der Waals surface area contributed by atoms with Gasteiger partial charge in [0, 0.05) is 24.6 Å². The van der Waals surface area contributed by atoms with Gasteiger partial charge in [0.15, 0.2) is 0 Å². The summed E-state index contributed by atoms with van der Waals surface area (Å²) in [7, 11) is 0. The van der Waals surface area contributed by atoms with Crippen molar-refractivity contribution in [3.8, 4) is 0 Å². The topological polar surface area (TPSA) is 32.3 Å². The zero-order chi connectivity index (χ0) is 12.7. The predicted octanol–water partition coefficient (Wildman–Crippen LogP) is 3.14. The van der Waals surface area contributed by atoms with E-state index in [-0.39, 0.29) is 12.0 Å². The summed E-state index contributed by atoms with van der Waals surface area (Å²) in [5.74, 6) is 0. The molecule has 2 N–H and O–H groups in total. The molecule has 2 nitrogen and oxygen atoms in total. The van der Waals surface area contributed by atoms with Gasteiger partial charge >= 0.3 is 0 Å². The lowest BCUT2D eigenvalue weighted by atomic mass is 9.83. The zero-order valence-electron chi connectivity index (χ0n) is 11.2. The molecule has 0 fully saturated rings.